The quantitative estimate of drug-likeness (QED) is 0.484. The van der Waals surface area contributed by atoms with Crippen molar-refractivity contribution < 1.29 is 29.2 Å². The van der Waals surface area contributed by atoms with Crippen LogP contribution < -0.4 is 5.73 Å². The summed E-state index contributed by atoms with van der Waals surface area (Å²) in [5.74, 6) is -0.575. The molecule has 0 aliphatic carbocycles. The Balaban J connectivity index is 2.77. The van der Waals surface area contributed by atoms with Crippen LogP contribution in [0.3, 0.4) is 0 Å². The van der Waals surface area contributed by atoms with Crippen LogP contribution in [0.5, 0.6) is 0 Å². The smallest absolute Gasteiger partial charge is 0.303 e. The van der Waals surface area contributed by atoms with Gasteiger partial charge < -0.3 is 30.2 Å². The third-order valence-corrected chi connectivity index (χ3v) is 2.43. The largest absolute Gasteiger partial charge is 0.457 e. The average Bonchev–Trinajstić information content (AvgIpc) is 2.25. The summed E-state index contributed by atoms with van der Waals surface area (Å²) in [6, 6.07) is -0.836. The summed E-state index contributed by atoms with van der Waals surface area (Å²) in [6.07, 6.45) is -3.80. The van der Waals surface area contributed by atoms with Gasteiger partial charge >= 0.3 is 5.97 Å². The van der Waals surface area contributed by atoms with Crippen molar-refractivity contribution in [2.45, 2.75) is 37.6 Å². The van der Waals surface area contributed by atoms with Gasteiger partial charge in [-0.05, 0) is 0 Å². The molecular weight excluding hydrogens is 218 g/mol. The number of nitrogens with two attached hydrogens (primary N) is 1. The van der Waals surface area contributed by atoms with Gasteiger partial charge in [-0.2, -0.15) is 0 Å². The van der Waals surface area contributed by atoms with Crippen molar-refractivity contribution in [3.63, 3.8) is 0 Å². The Kier molecular flexibility index (Phi) is 4.63. The zero-order valence-electron chi connectivity index (χ0n) is 9.20. The lowest BCUT2D eigenvalue weighted by Crippen LogP contribution is -2.63. The molecule has 0 spiro atoms. The second kappa shape index (κ2) is 5.55. The zero-order valence-corrected chi connectivity index (χ0v) is 9.20. The highest BCUT2D eigenvalue weighted by atomic mass is 16.7. The number of carbonyl (C=O) groups is 1. The molecule has 0 aromatic heterocycles. The van der Waals surface area contributed by atoms with Gasteiger partial charge in [0.1, 0.15) is 12.2 Å². The first-order valence-corrected chi connectivity index (χ1v) is 4.91. The molecule has 94 valence electrons. The van der Waals surface area contributed by atoms with Gasteiger partial charge in [0, 0.05) is 14.0 Å². The van der Waals surface area contributed by atoms with Crippen molar-refractivity contribution in [3.8, 4) is 0 Å². The molecule has 4 N–H and O–H groups in total. The SMILES string of the molecule is COC1OC(CO)[C@H](OC(C)=O)[C@H](O)[C@H]1N. The number of aliphatic hydroxyl groups excluding tert-OH is 2. The van der Waals surface area contributed by atoms with Crippen LogP contribution in [0.4, 0.5) is 0 Å². The fourth-order valence-electron chi connectivity index (χ4n) is 1.64. The number of rotatable bonds is 3. The van der Waals surface area contributed by atoms with Crippen molar-refractivity contribution in [2.24, 2.45) is 5.73 Å². The van der Waals surface area contributed by atoms with E-state index < -0.39 is 43.2 Å². The molecule has 1 saturated heterocycles. The molecule has 7 nitrogen and oxygen atoms in total. The standard InChI is InChI=1S/C9H17NO6/c1-4(12)15-8-5(3-11)16-9(14-2)6(10)7(8)13/h5-9,11,13H,3,10H2,1-2H3/t5?,6-,7-,8+,9?/m1/s1. The van der Waals surface area contributed by atoms with Crippen molar-refractivity contribution in [3.05, 3.63) is 0 Å². The van der Waals surface area contributed by atoms with Gasteiger partial charge in [0.2, 0.25) is 0 Å². The Morgan fingerprint density at radius 3 is 2.62 bits per heavy atom. The summed E-state index contributed by atoms with van der Waals surface area (Å²) >= 11 is 0. The van der Waals surface area contributed by atoms with Gasteiger partial charge in [0.15, 0.2) is 12.4 Å². The molecule has 7 heteroatoms. The Bertz CT molecular complexity index is 246. The van der Waals surface area contributed by atoms with E-state index in [9.17, 15) is 9.90 Å². The summed E-state index contributed by atoms with van der Waals surface area (Å²) in [6.45, 7) is 0.802. The van der Waals surface area contributed by atoms with Crippen molar-refractivity contribution in [2.75, 3.05) is 13.7 Å². The molecule has 5 atom stereocenters. The van der Waals surface area contributed by atoms with Crippen LogP contribution in [0.15, 0.2) is 0 Å². The van der Waals surface area contributed by atoms with Gasteiger partial charge in [-0.1, -0.05) is 0 Å². The third kappa shape index (κ3) is 2.69. The van der Waals surface area contributed by atoms with E-state index in [-0.39, 0.29) is 0 Å². The van der Waals surface area contributed by atoms with Crippen LogP contribution in [0.25, 0.3) is 0 Å². The van der Waals surface area contributed by atoms with Crippen molar-refractivity contribution in [1.29, 1.82) is 0 Å². The molecule has 0 bridgehead atoms. The average molecular weight is 235 g/mol. The molecule has 16 heavy (non-hydrogen) atoms. The fraction of sp³-hybridized carbons (Fsp3) is 0.889. The summed E-state index contributed by atoms with van der Waals surface area (Å²) in [4.78, 5) is 10.8. The van der Waals surface area contributed by atoms with Gasteiger partial charge in [-0.3, -0.25) is 4.79 Å². The van der Waals surface area contributed by atoms with E-state index in [1.54, 1.807) is 0 Å². The lowest BCUT2D eigenvalue weighted by atomic mass is 9.97. The number of esters is 1. The summed E-state index contributed by atoms with van der Waals surface area (Å²) in [5.41, 5.74) is 5.64. The molecule has 0 amide bonds. The van der Waals surface area contributed by atoms with E-state index in [1.165, 1.54) is 14.0 Å². The molecule has 1 aliphatic rings. The maximum absolute atomic E-state index is 10.8. The van der Waals surface area contributed by atoms with Crippen LogP contribution in [-0.4, -0.2) is 60.5 Å². The van der Waals surface area contributed by atoms with Crippen LogP contribution in [0.2, 0.25) is 0 Å². The second-order valence-electron chi connectivity index (χ2n) is 3.60. The molecule has 1 heterocycles. The maximum Gasteiger partial charge on any atom is 0.303 e. The molecule has 0 radical (unpaired) electrons. The van der Waals surface area contributed by atoms with E-state index in [0.717, 1.165) is 0 Å². The Morgan fingerprint density at radius 1 is 1.56 bits per heavy atom. The van der Waals surface area contributed by atoms with E-state index in [2.05, 4.69) is 0 Å². The highest BCUT2D eigenvalue weighted by Crippen LogP contribution is 2.22. The molecular formula is C9H17NO6. The minimum Gasteiger partial charge on any atom is -0.457 e. The molecule has 1 aliphatic heterocycles. The van der Waals surface area contributed by atoms with Crippen molar-refractivity contribution >= 4 is 5.97 Å². The Hall–Kier alpha value is -0.730. The van der Waals surface area contributed by atoms with E-state index in [4.69, 9.17) is 25.1 Å². The summed E-state index contributed by atoms with van der Waals surface area (Å²) < 4.78 is 15.0. The van der Waals surface area contributed by atoms with Gasteiger partial charge in [0.05, 0.1) is 12.6 Å². The molecule has 0 saturated carbocycles. The Labute approximate surface area is 93.1 Å². The van der Waals surface area contributed by atoms with E-state index >= 15 is 0 Å². The highest BCUT2D eigenvalue weighted by molar-refractivity contribution is 5.66. The van der Waals surface area contributed by atoms with E-state index in [1.807, 2.05) is 0 Å². The summed E-state index contributed by atoms with van der Waals surface area (Å²) in [7, 11) is 1.37. The number of carbonyl (C=O) groups excluding carboxylic acids is 1. The van der Waals surface area contributed by atoms with Gasteiger partial charge in [0.25, 0.3) is 0 Å². The van der Waals surface area contributed by atoms with Crippen LogP contribution in [0, 0.1) is 0 Å². The third-order valence-electron chi connectivity index (χ3n) is 2.43. The van der Waals surface area contributed by atoms with E-state index in [0.29, 0.717) is 0 Å². The van der Waals surface area contributed by atoms with Crippen LogP contribution >= 0.6 is 0 Å². The minimum absolute atomic E-state index is 0.401. The molecule has 1 rings (SSSR count). The van der Waals surface area contributed by atoms with Gasteiger partial charge in [-0.25, -0.2) is 0 Å². The van der Waals surface area contributed by atoms with Gasteiger partial charge in [-0.15, -0.1) is 0 Å². The predicted molar refractivity (Wildman–Crippen MR) is 52.3 cm³/mol. The molecule has 2 unspecified atom stereocenters. The van der Waals surface area contributed by atoms with Crippen LogP contribution in [0.1, 0.15) is 6.92 Å². The van der Waals surface area contributed by atoms with Crippen molar-refractivity contribution in [1.82, 2.24) is 0 Å². The minimum atomic E-state index is -1.14. The molecule has 1 fully saturated rings. The lowest BCUT2D eigenvalue weighted by molar-refractivity contribution is -0.262. The number of aliphatic hydroxyl groups is 2. The molecule has 0 aromatic carbocycles. The first-order chi connectivity index (χ1) is 7.51. The lowest BCUT2D eigenvalue weighted by Gasteiger charge is -2.41. The fourth-order valence-corrected chi connectivity index (χ4v) is 1.64. The highest BCUT2D eigenvalue weighted by Gasteiger charge is 2.45. The predicted octanol–water partition coefficient (Wildman–Crippen LogP) is -2.03. The monoisotopic (exact) mass is 235 g/mol. The number of hydrogen-bond donors (Lipinski definition) is 3. The molecule has 0 aromatic rings. The maximum atomic E-state index is 10.8. The summed E-state index contributed by atoms with van der Waals surface area (Å²) in [5, 5.41) is 18.9. The number of hydrogen-bond acceptors (Lipinski definition) is 7. The zero-order chi connectivity index (χ0) is 12.3. The first-order valence-electron chi connectivity index (χ1n) is 4.91. The second-order valence-corrected chi connectivity index (χ2v) is 3.60. The Morgan fingerprint density at radius 2 is 2.19 bits per heavy atom. The van der Waals surface area contributed by atoms with Crippen LogP contribution in [-0.2, 0) is 19.0 Å². The number of methoxy groups -OCH3 is 1. The number of ether oxygens (including phenoxy) is 3. The topological polar surface area (TPSA) is 111 Å². The normalized spacial score (nSPS) is 39.4. The first kappa shape index (κ1) is 13.3.